The minimum absolute atomic E-state index is 0.196. The third-order valence-electron chi connectivity index (χ3n) is 3.68. The Morgan fingerprint density at radius 2 is 1.81 bits per heavy atom. The van der Waals surface area contributed by atoms with Crippen LogP contribution in [0.5, 0.6) is 0 Å². The van der Waals surface area contributed by atoms with Crippen LogP contribution in [0.4, 0.5) is 5.69 Å². The molecule has 0 heterocycles. The van der Waals surface area contributed by atoms with E-state index < -0.39 is 20.1 Å². The van der Waals surface area contributed by atoms with Crippen molar-refractivity contribution >= 4 is 19.7 Å². The highest BCUT2D eigenvalue weighted by molar-refractivity contribution is 6.83. The summed E-state index contributed by atoms with van der Waals surface area (Å²) in [6, 6.07) is 12.8. The van der Waals surface area contributed by atoms with Gasteiger partial charge in [-0.3, -0.25) is 0 Å². The molecular weight excluding hydrogens is 356 g/mol. The molecule has 0 saturated carbocycles. The molecule has 2 aromatic carbocycles. The molecule has 6 heteroatoms. The molecule has 27 heavy (non-hydrogen) atoms. The fourth-order valence-electron chi connectivity index (χ4n) is 2.40. The molecule has 138 valence electrons. The van der Waals surface area contributed by atoms with Gasteiger partial charge in [0.05, 0.1) is 18.2 Å². The second kappa shape index (κ2) is 8.55. The molecule has 0 aliphatic heterocycles. The summed E-state index contributed by atoms with van der Waals surface area (Å²) in [7, 11) is -1.59. The molecule has 5 nitrogen and oxygen atoms in total. The SMILES string of the molecule is C[Si](C)(C)C#Cc1cc(CO)cc(C(Nc2ccc(C#N)cc2)C(=O)O)c1. The summed E-state index contributed by atoms with van der Waals surface area (Å²) >= 11 is 0. The van der Waals surface area contributed by atoms with E-state index in [1.807, 2.05) is 6.07 Å². The third-order valence-corrected chi connectivity index (χ3v) is 4.56. The Balaban J connectivity index is 2.41. The summed E-state index contributed by atoms with van der Waals surface area (Å²) in [4.78, 5) is 11.8. The van der Waals surface area contributed by atoms with Crippen molar-refractivity contribution in [1.29, 1.82) is 5.26 Å². The molecule has 1 unspecified atom stereocenters. The first-order chi connectivity index (χ1) is 12.7. The highest BCUT2D eigenvalue weighted by Crippen LogP contribution is 2.23. The molecule has 0 aliphatic rings. The van der Waals surface area contributed by atoms with Gasteiger partial charge in [-0.2, -0.15) is 5.26 Å². The average Bonchev–Trinajstić information content (AvgIpc) is 2.63. The monoisotopic (exact) mass is 378 g/mol. The molecule has 2 rings (SSSR count). The minimum Gasteiger partial charge on any atom is -0.479 e. The maximum Gasteiger partial charge on any atom is 0.330 e. The molecule has 0 fully saturated rings. The van der Waals surface area contributed by atoms with Gasteiger partial charge in [-0.1, -0.05) is 31.6 Å². The predicted molar refractivity (Wildman–Crippen MR) is 108 cm³/mol. The lowest BCUT2D eigenvalue weighted by molar-refractivity contribution is -0.138. The average molecular weight is 379 g/mol. The molecule has 0 amide bonds. The van der Waals surface area contributed by atoms with Crippen molar-refractivity contribution in [2.75, 3.05) is 5.32 Å². The number of nitrogens with one attached hydrogen (secondary N) is 1. The van der Waals surface area contributed by atoms with Crippen LogP contribution in [0, 0.1) is 22.8 Å². The second-order valence-electron chi connectivity index (χ2n) is 7.23. The van der Waals surface area contributed by atoms with Crippen molar-refractivity contribution in [2.24, 2.45) is 0 Å². The zero-order chi connectivity index (χ0) is 20.0. The number of hydrogen-bond acceptors (Lipinski definition) is 4. The van der Waals surface area contributed by atoms with E-state index >= 15 is 0 Å². The Labute approximate surface area is 160 Å². The number of aliphatic hydroxyl groups is 1. The van der Waals surface area contributed by atoms with Crippen LogP contribution >= 0.6 is 0 Å². The van der Waals surface area contributed by atoms with Crippen molar-refractivity contribution in [2.45, 2.75) is 32.3 Å². The normalized spacial score (nSPS) is 11.7. The van der Waals surface area contributed by atoms with E-state index in [0.717, 1.165) is 0 Å². The van der Waals surface area contributed by atoms with Crippen LogP contribution in [-0.4, -0.2) is 24.3 Å². The molecule has 2 aromatic rings. The molecular formula is C21H22N2O3Si. The highest BCUT2D eigenvalue weighted by Gasteiger charge is 2.21. The lowest BCUT2D eigenvalue weighted by atomic mass is 10.00. The smallest absolute Gasteiger partial charge is 0.330 e. The van der Waals surface area contributed by atoms with Crippen molar-refractivity contribution in [3.05, 3.63) is 64.7 Å². The Morgan fingerprint density at radius 1 is 1.15 bits per heavy atom. The zero-order valence-electron chi connectivity index (χ0n) is 15.6. The summed E-state index contributed by atoms with van der Waals surface area (Å²) in [5, 5.41) is 31.1. The summed E-state index contributed by atoms with van der Waals surface area (Å²) in [5.74, 6) is 2.07. The molecule has 0 radical (unpaired) electrons. The Kier molecular flexibility index (Phi) is 6.41. The van der Waals surface area contributed by atoms with Crippen LogP contribution in [0.25, 0.3) is 0 Å². The van der Waals surface area contributed by atoms with Gasteiger partial charge in [-0.05, 0) is 47.5 Å². The van der Waals surface area contributed by atoms with Gasteiger partial charge < -0.3 is 15.5 Å². The van der Waals surface area contributed by atoms with E-state index in [9.17, 15) is 15.0 Å². The van der Waals surface area contributed by atoms with E-state index in [1.165, 1.54) is 0 Å². The summed E-state index contributed by atoms with van der Waals surface area (Å²) in [5.41, 5.74) is 6.15. The first-order valence-corrected chi connectivity index (χ1v) is 12.0. The van der Waals surface area contributed by atoms with Crippen LogP contribution in [0.3, 0.4) is 0 Å². The summed E-state index contributed by atoms with van der Waals surface area (Å²) < 4.78 is 0. The number of carbonyl (C=O) groups is 1. The number of nitriles is 1. The molecule has 1 atom stereocenters. The van der Waals surface area contributed by atoms with Gasteiger partial charge >= 0.3 is 5.97 Å². The number of rotatable bonds is 5. The molecule has 0 aromatic heterocycles. The van der Waals surface area contributed by atoms with Gasteiger partial charge in [0.2, 0.25) is 0 Å². The highest BCUT2D eigenvalue weighted by atomic mass is 28.3. The standard InChI is InChI=1S/C21H22N2O3Si/c1-27(2,3)9-8-16-10-17(14-24)12-18(11-16)20(21(25)26)23-19-6-4-15(13-22)5-7-19/h4-7,10-12,20,23-24H,14H2,1-3H3,(H,25,26). The van der Waals surface area contributed by atoms with Crippen molar-refractivity contribution in [3.8, 4) is 17.5 Å². The molecule has 0 spiro atoms. The second-order valence-corrected chi connectivity index (χ2v) is 12.0. The number of carboxylic acids is 1. The fraction of sp³-hybridized carbons (Fsp3) is 0.238. The Hall–Kier alpha value is -3.06. The van der Waals surface area contributed by atoms with Gasteiger partial charge in [0, 0.05) is 11.3 Å². The van der Waals surface area contributed by atoms with Crippen molar-refractivity contribution in [3.63, 3.8) is 0 Å². The van der Waals surface area contributed by atoms with Crippen molar-refractivity contribution < 1.29 is 15.0 Å². The van der Waals surface area contributed by atoms with E-state index in [0.29, 0.717) is 27.9 Å². The maximum atomic E-state index is 11.8. The van der Waals surface area contributed by atoms with Crippen LogP contribution < -0.4 is 5.32 Å². The number of anilines is 1. The van der Waals surface area contributed by atoms with Gasteiger partial charge in [0.25, 0.3) is 0 Å². The predicted octanol–water partition coefficient (Wildman–Crippen LogP) is 3.52. The quantitative estimate of drug-likeness (QED) is 0.547. The van der Waals surface area contributed by atoms with Gasteiger partial charge in [0.1, 0.15) is 8.07 Å². The molecule has 3 N–H and O–H groups in total. The fourth-order valence-corrected chi connectivity index (χ4v) is 2.92. The van der Waals surface area contributed by atoms with Crippen LogP contribution in [0.15, 0.2) is 42.5 Å². The Morgan fingerprint density at radius 3 is 2.33 bits per heavy atom. The first kappa shape index (κ1) is 20.3. The van der Waals surface area contributed by atoms with E-state index in [4.69, 9.17) is 5.26 Å². The van der Waals surface area contributed by atoms with E-state index in [2.05, 4.69) is 36.4 Å². The number of nitrogens with zero attached hydrogens (tertiary/aromatic N) is 1. The number of benzene rings is 2. The number of carboxylic acid groups (broad SMARTS) is 1. The summed E-state index contributed by atoms with van der Waals surface area (Å²) in [6.45, 7) is 6.19. The molecule has 0 aliphatic carbocycles. The number of aliphatic carboxylic acids is 1. The van der Waals surface area contributed by atoms with E-state index in [1.54, 1.807) is 42.5 Å². The van der Waals surface area contributed by atoms with Gasteiger partial charge in [-0.15, -0.1) is 5.54 Å². The maximum absolute atomic E-state index is 11.8. The van der Waals surface area contributed by atoms with Gasteiger partial charge in [-0.25, -0.2) is 4.79 Å². The summed E-state index contributed by atoms with van der Waals surface area (Å²) in [6.07, 6.45) is 0. The number of hydrogen-bond donors (Lipinski definition) is 3. The minimum atomic E-state index is -1.59. The van der Waals surface area contributed by atoms with Crippen molar-refractivity contribution in [1.82, 2.24) is 0 Å². The first-order valence-electron chi connectivity index (χ1n) is 8.49. The largest absolute Gasteiger partial charge is 0.479 e. The molecule has 0 bridgehead atoms. The van der Waals surface area contributed by atoms with Gasteiger partial charge in [0.15, 0.2) is 6.04 Å². The third kappa shape index (κ3) is 6.00. The topological polar surface area (TPSA) is 93.4 Å². The van der Waals surface area contributed by atoms with Crippen LogP contribution in [0.2, 0.25) is 19.6 Å². The number of aliphatic hydroxyl groups excluding tert-OH is 1. The lowest BCUT2D eigenvalue weighted by Crippen LogP contribution is -2.21. The molecule has 0 saturated heterocycles. The van der Waals surface area contributed by atoms with Crippen LogP contribution in [0.1, 0.15) is 28.3 Å². The lowest BCUT2D eigenvalue weighted by Gasteiger charge is -2.17. The Bertz CT molecular complexity index is 929. The van der Waals surface area contributed by atoms with Crippen LogP contribution in [-0.2, 0) is 11.4 Å². The zero-order valence-corrected chi connectivity index (χ0v) is 16.6. The van der Waals surface area contributed by atoms with E-state index in [-0.39, 0.29) is 6.61 Å².